The van der Waals surface area contributed by atoms with Crippen molar-refractivity contribution in [2.24, 2.45) is 0 Å². The number of halogens is 1. The first kappa shape index (κ1) is 29.2. The van der Waals surface area contributed by atoms with Crippen LogP contribution in [-0.4, -0.2) is 44.3 Å². The highest BCUT2D eigenvalue weighted by atomic mass is 35.5. The van der Waals surface area contributed by atoms with E-state index in [4.69, 9.17) is 11.6 Å². The van der Waals surface area contributed by atoms with Gasteiger partial charge in [0.05, 0.1) is 10.6 Å². The van der Waals surface area contributed by atoms with Crippen molar-refractivity contribution in [1.29, 1.82) is 0 Å². The molecule has 38 heavy (non-hydrogen) atoms. The lowest BCUT2D eigenvalue weighted by molar-refractivity contribution is -0.140. The van der Waals surface area contributed by atoms with Gasteiger partial charge in [0.2, 0.25) is 11.8 Å². The molecule has 0 aromatic heterocycles. The maximum atomic E-state index is 14.0. The first-order valence-electron chi connectivity index (χ1n) is 12.5. The lowest BCUT2D eigenvalue weighted by Crippen LogP contribution is -2.52. The zero-order valence-corrected chi connectivity index (χ0v) is 23.7. The van der Waals surface area contributed by atoms with Crippen molar-refractivity contribution < 1.29 is 18.0 Å². The molecule has 0 saturated carbocycles. The Hall–Kier alpha value is -3.36. The normalized spacial score (nSPS) is 12.0. The number of rotatable bonds is 11. The molecule has 0 bridgehead atoms. The van der Waals surface area contributed by atoms with Gasteiger partial charge < -0.3 is 10.2 Å². The molecule has 0 aliphatic heterocycles. The van der Waals surface area contributed by atoms with Crippen LogP contribution in [-0.2, 0) is 26.2 Å². The van der Waals surface area contributed by atoms with Crippen LogP contribution in [0.1, 0.15) is 37.0 Å². The zero-order valence-electron chi connectivity index (χ0n) is 22.1. The Morgan fingerprint density at radius 2 is 1.55 bits per heavy atom. The van der Waals surface area contributed by atoms with E-state index < -0.39 is 28.5 Å². The first-order valence-corrected chi connectivity index (χ1v) is 14.4. The van der Waals surface area contributed by atoms with Crippen LogP contribution in [0.25, 0.3) is 0 Å². The molecule has 3 aromatic carbocycles. The van der Waals surface area contributed by atoms with E-state index in [1.54, 1.807) is 31.2 Å². The fourth-order valence-electron chi connectivity index (χ4n) is 4.19. The van der Waals surface area contributed by atoms with Crippen molar-refractivity contribution in [2.75, 3.05) is 17.4 Å². The Kier molecular flexibility index (Phi) is 9.94. The van der Waals surface area contributed by atoms with Crippen LogP contribution < -0.4 is 9.62 Å². The van der Waals surface area contributed by atoms with Gasteiger partial charge in [0.25, 0.3) is 10.0 Å². The van der Waals surface area contributed by atoms with E-state index in [1.165, 1.54) is 29.2 Å². The number of benzene rings is 3. The van der Waals surface area contributed by atoms with Crippen molar-refractivity contribution in [2.45, 2.75) is 51.6 Å². The van der Waals surface area contributed by atoms with E-state index in [2.05, 4.69) is 5.32 Å². The molecule has 0 radical (unpaired) electrons. The fraction of sp³-hybridized carbons (Fsp3) is 0.310. The van der Waals surface area contributed by atoms with Crippen LogP contribution in [0.3, 0.4) is 0 Å². The Labute approximate surface area is 230 Å². The summed E-state index contributed by atoms with van der Waals surface area (Å²) in [7, 11) is -4.14. The highest BCUT2D eigenvalue weighted by molar-refractivity contribution is 7.92. The SMILES string of the molecule is CCNC(=O)[C@@H](CC)N(Cc1ccc(C)cc1)C(=O)CN(c1ccccc1C)S(=O)(=O)c1ccc(Cl)cc1. The average molecular weight is 556 g/mol. The Morgan fingerprint density at radius 1 is 0.921 bits per heavy atom. The quantitative estimate of drug-likeness (QED) is 0.357. The number of hydrogen-bond acceptors (Lipinski definition) is 4. The molecule has 1 N–H and O–H groups in total. The van der Waals surface area contributed by atoms with Crippen LogP contribution >= 0.6 is 11.6 Å². The highest BCUT2D eigenvalue weighted by Gasteiger charge is 2.34. The van der Waals surface area contributed by atoms with Crippen molar-refractivity contribution in [3.63, 3.8) is 0 Å². The predicted molar refractivity (Wildman–Crippen MR) is 152 cm³/mol. The summed E-state index contributed by atoms with van der Waals surface area (Å²) in [5, 5.41) is 3.21. The van der Waals surface area contributed by atoms with E-state index in [-0.39, 0.29) is 17.3 Å². The number of nitrogens with zero attached hydrogens (tertiary/aromatic N) is 2. The summed E-state index contributed by atoms with van der Waals surface area (Å²) in [6, 6.07) is 19.8. The molecule has 7 nitrogen and oxygen atoms in total. The summed E-state index contributed by atoms with van der Waals surface area (Å²) >= 11 is 6.00. The summed E-state index contributed by atoms with van der Waals surface area (Å²) in [5.41, 5.74) is 2.99. The maximum absolute atomic E-state index is 14.0. The molecule has 0 aliphatic rings. The summed E-state index contributed by atoms with van der Waals surface area (Å²) in [5.74, 6) is -0.761. The van der Waals surface area contributed by atoms with Gasteiger partial charge in [0.15, 0.2) is 0 Å². The second kappa shape index (κ2) is 12.9. The third-order valence-corrected chi connectivity index (χ3v) is 8.30. The summed E-state index contributed by atoms with van der Waals surface area (Å²) in [6.45, 7) is 7.51. The number of sulfonamides is 1. The number of likely N-dealkylation sites (N-methyl/N-ethyl adjacent to an activating group) is 1. The third kappa shape index (κ3) is 6.94. The lowest BCUT2D eigenvalue weighted by atomic mass is 10.1. The van der Waals surface area contributed by atoms with E-state index in [0.29, 0.717) is 29.2 Å². The molecule has 2 amide bonds. The van der Waals surface area contributed by atoms with Crippen molar-refractivity contribution in [3.05, 3.63) is 94.5 Å². The number of anilines is 1. The molecule has 0 aliphatic carbocycles. The minimum Gasteiger partial charge on any atom is -0.355 e. The summed E-state index contributed by atoms with van der Waals surface area (Å²) in [6.07, 6.45) is 0.373. The van der Waals surface area contributed by atoms with Crippen LogP contribution in [0.15, 0.2) is 77.7 Å². The second-order valence-electron chi connectivity index (χ2n) is 9.08. The predicted octanol–water partition coefficient (Wildman–Crippen LogP) is 5.10. The molecule has 3 rings (SSSR count). The molecule has 0 spiro atoms. The van der Waals surface area contributed by atoms with Crippen LogP contribution in [0, 0.1) is 13.8 Å². The molecule has 0 saturated heterocycles. The van der Waals surface area contributed by atoms with Gasteiger partial charge in [-0.05, 0) is 68.7 Å². The summed E-state index contributed by atoms with van der Waals surface area (Å²) in [4.78, 5) is 28.4. The fourth-order valence-corrected chi connectivity index (χ4v) is 5.80. The van der Waals surface area contributed by atoms with Gasteiger partial charge in [-0.3, -0.25) is 13.9 Å². The van der Waals surface area contributed by atoms with Crippen molar-refractivity contribution in [3.8, 4) is 0 Å². The minimum atomic E-state index is -4.14. The standard InChI is InChI=1S/C29H34ClN3O4S/c1-5-26(29(35)31-6-2)32(19-23-13-11-21(3)12-14-23)28(34)20-33(27-10-8-7-9-22(27)4)38(36,37)25-17-15-24(30)16-18-25/h7-18,26H,5-6,19-20H2,1-4H3,(H,31,35)/t26-/m1/s1. The minimum absolute atomic E-state index is 0.0128. The summed E-state index contributed by atoms with van der Waals surface area (Å²) < 4.78 is 28.8. The van der Waals surface area contributed by atoms with Crippen molar-refractivity contribution in [1.82, 2.24) is 10.2 Å². The molecule has 0 fully saturated rings. The van der Waals surface area contributed by atoms with Gasteiger partial charge in [0.1, 0.15) is 12.6 Å². The number of nitrogens with one attached hydrogen (secondary N) is 1. The molecular formula is C29H34ClN3O4S. The van der Waals surface area contributed by atoms with Crippen LogP contribution in [0.2, 0.25) is 5.02 Å². The van der Waals surface area contributed by atoms with E-state index >= 15 is 0 Å². The highest BCUT2D eigenvalue weighted by Crippen LogP contribution is 2.28. The van der Waals surface area contributed by atoms with Gasteiger partial charge in [-0.1, -0.05) is 66.6 Å². The average Bonchev–Trinajstić information content (AvgIpc) is 2.89. The molecule has 1 atom stereocenters. The molecule has 0 heterocycles. The van der Waals surface area contributed by atoms with E-state index in [9.17, 15) is 18.0 Å². The van der Waals surface area contributed by atoms with Crippen LogP contribution in [0.5, 0.6) is 0 Å². The number of hydrogen-bond donors (Lipinski definition) is 1. The molecule has 3 aromatic rings. The number of aryl methyl sites for hydroxylation is 2. The van der Waals surface area contributed by atoms with Crippen molar-refractivity contribution >= 4 is 39.1 Å². The topological polar surface area (TPSA) is 86.8 Å². The monoisotopic (exact) mass is 555 g/mol. The lowest BCUT2D eigenvalue weighted by Gasteiger charge is -2.33. The Balaban J connectivity index is 2.06. The van der Waals surface area contributed by atoms with E-state index in [0.717, 1.165) is 15.4 Å². The van der Waals surface area contributed by atoms with Gasteiger partial charge in [-0.2, -0.15) is 0 Å². The molecule has 9 heteroatoms. The number of para-hydroxylation sites is 1. The second-order valence-corrected chi connectivity index (χ2v) is 11.4. The van der Waals surface area contributed by atoms with E-state index in [1.807, 2.05) is 45.0 Å². The smallest absolute Gasteiger partial charge is 0.264 e. The van der Waals surface area contributed by atoms with Gasteiger partial charge in [0, 0.05) is 18.1 Å². The van der Waals surface area contributed by atoms with Gasteiger partial charge in [-0.15, -0.1) is 0 Å². The Morgan fingerprint density at radius 3 is 2.13 bits per heavy atom. The molecule has 202 valence electrons. The molecule has 0 unspecified atom stereocenters. The Bertz CT molecular complexity index is 1360. The first-order chi connectivity index (χ1) is 18.1. The van der Waals surface area contributed by atoms with Gasteiger partial charge >= 0.3 is 0 Å². The molecular weight excluding hydrogens is 522 g/mol. The largest absolute Gasteiger partial charge is 0.355 e. The number of carbonyl (C=O) groups is 2. The zero-order chi connectivity index (χ0) is 27.9. The van der Waals surface area contributed by atoms with Crippen LogP contribution in [0.4, 0.5) is 5.69 Å². The number of carbonyl (C=O) groups excluding carboxylic acids is 2. The van der Waals surface area contributed by atoms with Gasteiger partial charge in [-0.25, -0.2) is 8.42 Å². The number of amides is 2. The maximum Gasteiger partial charge on any atom is 0.264 e. The third-order valence-electron chi connectivity index (χ3n) is 6.28.